The van der Waals surface area contributed by atoms with Crippen molar-refractivity contribution in [1.82, 2.24) is 0 Å². The Morgan fingerprint density at radius 1 is 1.38 bits per heavy atom. The van der Waals surface area contributed by atoms with Crippen molar-refractivity contribution in [2.45, 2.75) is 20.3 Å². The maximum absolute atomic E-state index is 11.7. The first kappa shape index (κ1) is 12.9. The van der Waals surface area contributed by atoms with Crippen molar-refractivity contribution < 1.29 is 14.3 Å². The third-order valence-corrected chi connectivity index (χ3v) is 2.59. The Balaban J connectivity index is 2.77. The fourth-order valence-electron chi connectivity index (χ4n) is 1.38. The zero-order chi connectivity index (χ0) is 12.1. The van der Waals surface area contributed by atoms with Gasteiger partial charge in [0.25, 0.3) is 0 Å². The maximum Gasteiger partial charge on any atom is 0.313 e. The van der Waals surface area contributed by atoms with Crippen LogP contribution in [0.25, 0.3) is 0 Å². The highest BCUT2D eigenvalue weighted by atomic mass is 79.9. The molecule has 0 radical (unpaired) electrons. The molecule has 0 unspecified atom stereocenters. The number of hydrogen-bond donors (Lipinski definition) is 0. The highest BCUT2D eigenvalue weighted by Gasteiger charge is 2.14. The molecule has 16 heavy (non-hydrogen) atoms. The van der Waals surface area contributed by atoms with Gasteiger partial charge in [-0.05, 0) is 31.5 Å². The molecule has 4 heteroatoms. The van der Waals surface area contributed by atoms with Gasteiger partial charge in [0, 0.05) is 10.0 Å². The van der Waals surface area contributed by atoms with Crippen LogP contribution < -0.4 is 0 Å². The summed E-state index contributed by atoms with van der Waals surface area (Å²) < 4.78 is 5.64. The lowest BCUT2D eigenvalue weighted by atomic mass is 10.0. The predicted molar refractivity (Wildman–Crippen MR) is 64.5 cm³/mol. The number of ketones is 1. The Bertz CT molecular complexity index is 413. The number of carbonyl (C=O) groups is 2. The minimum absolute atomic E-state index is 0.198. The standard InChI is InChI=1S/C12H13BrO3/c1-3-16-12(15)7-11(14)10-5-4-9(13)6-8(10)2/h4-6H,3,7H2,1-2H3. The Morgan fingerprint density at radius 2 is 2.06 bits per heavy atom. The summed E-state index contributed by atoms with van der Waals surface area (Å²) in [6.07, 6.45) is -0.198. The molecule has 0 bridgehead atoms. The van der Waals surface area contributed by atoms with E-state index in [2.05, 4.69) is 15.9 Å². The monoisotopic (exact) mass is 284 g/mol. The number of hydrogen-bond acceptors (Lipinski definition) is 3. The zero-order valence-electron chi connectivity index (χ0n) is 9.25. The second-order valence-corrected chi connectivity index (χ2v) is 4.28. The summed E-state index contributed by atoms with van der Waals surface area (Å²) in [6, 6.07) is 5.34. The highest BCUT2D eigenvalue weighted by Crippen LogP contribution is 2.17. The summed E-state index contributed by atoms with van der Waals surface area (Å²) in [4.78, 5) is 22.9. The van der Waals surface area contributed by atoms with Gasteiger partial charge in [0.15, 0.2) is 5.78 Å². The van der Waals surface area contributed by atoms with Crippen LogP contribution in [0.2, 0.25) is 0 Å². The van der Waals surface area contributed by atoms with E-state index < -0.39 is 5.97 Å². The van der Waals surface area contributed by atoms with Crippen LogP contribution in [0.3, 0.4) is 0 Å². The number of aryl methyl sites for hydroxylation is 1. The second kappa shape index (κ2) is 5.80. The molecular formula is C12H13BrO3. The molecule has 1 rings (SSSR count). The summed E-state index contributed by atoms with van der Waals surface area (Å²) in [5.74, 6) is -0.682. The van der Waals surface area contributed by atoms with Crippen LogP contribution in [0.4, 0.5) is 0 Å². The maximum atomic E-state index is 11.7. The molecule has 0 atom stereocenters. The average Bonchev–Trinajstić information content (AvgIpc) is 2.17. The van der Waals surface area contributed by atoms with Gasteiger partial charge < -0.3 is 4.74 Å². The Hall–Kier alpha value is -1.16. The van der Waals surface area contributed by atoms with Gasteiger partial charge in [-0.3, -0.25) is 9.59 Å². The summed E-state index contributed by atoms with van der Waals surface area (Å²) >= 11 is 3.32. The fourth-order valence-corrected chi connectivity index (χ4v) is 1.85. The summed E-state index contributed by atoms with van der Waals surface area (Å²) in [7, 11) is 0. The topological polar surface area (TPSA) is 43.4 Å². The molecule has 0 spiro atoms. The lowest BCUT2D eigenvalue weighted by Crippen LogP contribution is -2.12. The largest absolute Gasteiger partial charge is 0.466 e. The van der Waals surface area contributed by atoms with E-state index in [9.17, 15) is 9.59 Å². The lowest BCUT2D eigenvalue weighted by Gasteiger charge is -2.05. The normalized spacial score (nSPS) is 9.94. The van der Waals surface area contributed by atoms with Gasteiger partial charge in [-0.15, -0.1) is 0 Å². The summed E-state index contributed by atoms with van der Waals surface area (Å²) in [6.45, 7) is 3.85. The van der Waals surface area contributed by atoms with Gasteiger partial charge in [0.1, 0.15) is 6.42 Å². The van der Waals surface area contributed by atoms with Crippen molar-refractivity contribution in [1.29, 1.82) is 0 Å². The smallest absolute Gasteiger partial charge is 0.313 e. The van der Waals surface area contributed by atoms with Crippen LogP contribution in [-0.4, -0.2) is 18.4 Å². The molecule has 0 aliphatic rings. The van der Waals surface area contributed by atoms with E-state index in [-0.39, 0.29) is 12.2 Å². The molecule has 3 nitrogen and oxygen atoms in total. The zero-order valence-corrected chi connectivity index (χ0v) is 10.8. The van der Waals surface area contributed by atoms with Crippen molar-refractivity contribution >= 4 is 27.7 Å². The second-order valence-electron chi connectivity index (χ2n) is 3.36. The van der Waals surface area contributed by atoms with E-state index in [4.69, 9.17) is 4.74 Å². The van der Waals surface area contributed by atoms with Gasteiger partial charge >= 0.3 is 5.97 Å². The van der Waals surface area contributed by atoms with E-state index in [0.29, 0.717) is 12.2 Å². The third-order valence-electron chi connectivity index (χ3n) is 2.10. The molecule has 1 aromatic rings. The molecule has 0 N–H and O–H groups in total. The van der Waals surface area contributed by atoms with Crippen LogP contribution in [0.15, 0.2) is 22.7 Å². The highest BCUT2D eigenvalue weighted by molar-refractivity contribution is 9.10. The van der Waals surface area contributed by atoms with Crippen LogP contribution in [0.1, 0.15) is 29.3 Å². The minimum atomic E-state index is -0.477. The molecule has 0 fully saturated rings. The fraction of sp³-hybridized carbons (Fsp3) is 0.333. The molecule has 0 aromatic heterocycles. The van der Waals surface area contributed by atoms with Crippen molar-refractivity contribution in [2.24, 2.45) is 0 Å². The number of ether oxygens (including phenoxy) is 1. The lowest BCUT2D eigenvalue weighted by molar-refractivity contribution is -0.141. The van der Waals surface area contributed by atoms with Crippen molar-refractivity contribution in [2.75, 3.05) is 6.61 Å². The molecule has 0 heterocycles. The van der Waals surface area contributed by atoms with E-state index in [1.165, 1.54) is 0 Å². The van der Waals surface area contributed by atoms with Gasteiger partial charge in [0.05, 0.1) is 6.61 Å². The van der Waals surface area contributed by atoms with E-state index in [1.807, 2.05) is 13.0 Å². The van der Waals surface area contributed by atoms with E-state index in [1.54, 1.807) is 19.1 Å². The first-order chi connectivity index (χ1) is 7.54. The third kappa shape index (κ3) is 3.45. The van der Waals surface area contributed by atoms with Gasteiger partial charge in [-0.2, -0.15) is 0 Å². The first-order valence-corrected chi connectivity index (χ1v) is 5.79. The number of esters is 1. The Morgan fingerprint density at radius 3 is 2.62 bits per heavy atom. The molecule has 0 saturated carbocycles. The van der Waals surface area contributed by atoms with Crippen molar-refractivity contribution in [3.63, 3.8) is 0 Å². The number of halogens is 1. The number of benzene rings is 1. The van der Waals surface area contributed by atoms with E-state index in [0.717, 1.165) is 10.0 Å². The number of carbonyl (C=O) groups excluding carboxylic acids is 2. The van der Waals surface area contributed by atoms with Gasteiger partial charge in [0.2, 0.25) is 0 Å². The van der Waals surface area contributed by atoms with Crippen LogP contribution >= 0.6 is 15.9 Å². The van der Waals surface area contributed by atoms with Gasteiger partial charge in [-0.1, -0.05) is 22.0 Å². The van der Waals surface area contributed by atoms with Crippen LogP contribution in [-0.2, 0) is 9.53 Å². The van der Waals surface area contributed by atoms with E-state index >= 15 is 0 Å². The van der Waals surface area contributed by atoms with Crippen LogP contribution in [0, 0.1) is 6.92 Å². The predicted octanol–water partition coefficient (Wildman–Crippen LogP) is 2.89. The average molecular weight is 285 g/mol. The molecule has 0 saturated heterocycles. The molecule has 1 aromatic carbocycles. The molecule has 0 amide bonds. The summed E-state index contributed by atoms with van der Waals surface area (Å²) in [5.41, 5.74) is 1.42. The molecule has 86 valence electrons. The van der Waals surface area contributed by atoms with Crippen molar-refractivity contribution in [3.8, 4) is 0 Å². The summed E-state index contributed by atoms with van der Waals surface area (Å²) in [5, 5.41) is 0. The quantitative estimate of drug-likeness (QED) is 0.485. The SMILES string of the molecule is CCOC(=O)CC(=O)c1ccc(Br)cc1C. The number of rotatable bonds is 4. The van der Waals surface area contributed by atoms with Crippen molar-refractivity contribution in [3.05, 3.63) is 33.8 Å². The number of Topliss-reactive ketones (excluding diaryl/α,β-unsaturated/α-hetero) is 1. The first-order valence-electron chi connectivity index (χ1n) is 4.99. The van der Waals surface area contributed by atoms with Gasteiger partial charge in [-0.25, -0.2) is 0 Å². The Labute approximate surface area is 103 Å². The molecule has 0 aliphatic carbocycles. The molecular weight excluding hydrogens is 272 g/mol. The minimum Gasteiger partial charge on any atom is -0.466 e. The Kier molecular flexibility index (Phi) is 4.68. The molecule has 0 aliphatic heterocycles. The van der Waals surface area contributed by atoms with Crippen LogP contribution in [0.5, 0.6) is 0 Å².